The summed E-state index contributed by atoms with van der Waals surface area (Å²) in [5, 5.41) is 2.50. The highest BCUT2D eigenvalue weighted by Gasteiger charge is 2.33. The number of nitrogens with two attached hydrogens (primary N) is 1. The standard InChI is InChI=1S/C14H17N5OS.2ClH/c1-9-4-10(5-15)7-19(9)14(20)12-8-21-13(18-12)11-6-16-2-3-17-11;;/h2-3,6,8-10H,4-5,7,15H2,1H3;2*1H. The van der Waals surface area contributed by atoms with Gasteiger partial charge in [-0.1, -0.05) is 0 Å². The fraction of sp³-hybridized carbons (Fsp3) is 0.429. The first-order valence-corrected chi connectivity index (χ1v) is 7.80. The summed E-state index contributed by atoms with van der Waals surface area (Å²) in [7, 11) is 0. The summed E-state index contributed by atoms with van der Waals surface area (Å²) in [6.07, 6.45) is 5.84. The quantitative estimate of drug-likeness (QED) is 0.888. The van der Waals surface area contributed by atoms with E-state index in [9.17, 15) is 4.79 Å². The van der Waals surface area contributed by atoms with E-state index in [1.54, 1.807) is 24.0 Å². The van der Waals surface area contributed by atoms with Crippen molar-refractivity contribution >= 4 is 42.1 Å². The Hall–Kier alpha value is -1.28. The van der Waals surface area contributed by atoms with Gasteiger partial charge in [0.2, 0.25) is 0 Å². The van der Waals surface area contributed by atoms with Gasteiger partial charge in [0.25, 0.3) is 5.91 Å². The lowest BCUT2D eigenvalue weighted by Crippen LogP contribution is -2.34. The van der Waals surface area contributed by atoms with Gasteiger partial charge in [0.15, 0.2) is 0 Å². The third-order valence-corrected chi connectivity index (χ3v) is 4.63. The van der Waals surface area contributed by atoms with Crippen LogP contribution in [0, 0.1) is 5.92 Å². The first-order chi connectivity index (χ1) is 10.2. The molecule has 2 aromatic rings. The van der Waals surface area contributed by atoms with Gasteiger partial charge in [-0.15, -0.1) is 36.2 Å². The molecule has 2 N–H and O–H groups in total. The number of thiazole rings is 1. The predicted octanol–water partition coefficient (Wildman–Crippen LogP) is 2.25. The van der Waals surface area contributed by atoms with E-state index in [1.807, 2.05) is 4.90 Å². The maximum atomic E-state index is 12.6. The number of aromatic nitrogens is 3. The lowest BCUT2D eigenvalue weighted by Gasteiger charge is -2.20. The van der Waals surface area contributed by atoms with Crippen LogP contribution in [0.25, 0.3) is 10.7 Å². The second-order valence-corrected chi connectivity index (χ2v) is 6.13. The monoisotopic (exact) mass is 375 g/mol. The van der Waals surface area contributed by atoms with Gasteiger partial charge >= 0.3 is 0 Å². The highest BCUT2D eigenvalue weighted by Crippen LogP contribution is 2.26. The maximum Gasteiger partial charge on any atom is 0.273 e. The zero-order valence-electron chi connectivity index (χ0n) is 12.6. The number of nitrogens with zero attached hydrogens (tertiary/aromatic N) is 4. The number of hydrogen-bond acceptors (Lipinski definition) is 6. The molecule has 0 bridgehead atoms. The molecule has 1 saturated heterocycles. The molecule has 2 aromatic heterocycles. The second kappa shape index (κ2) is 8.54. The first kappa shape index (κ1) is 19.8. The van der Waals surface area contributed by atoms with Gasteiger partial charge in [0, 0.05) is 30.4 Å². The Morgan fingerprint density at radius 2 is 2.22 bits per heavy atom. The molecule has 2 atom stereocenters. The topological polar surface area (TPSA) is 85.0 Å². The zero-order chi connectivity index (χ0) is 14.8. The summed E-state index contributed by atoms with van der Waals surface area (Å²) in [5.74, 6) is 0.367. The summed E-state index contributed by atoms with van der Waals surface area (Å²) >= 11 is 1.41. The molecule has 126 valence electrons. The van der Waals surface area contributed by atoms with Crippen LogP contribution in [0.5, 0.6) is 0 Å². The fourth-order valence-electron chi connectivity index (χ4n) is 2.64. The third-order valence-electron chi connectivity index (χ3n) is 3.76. The number of rotatable bonds is 3. The molecular weight excluding hydrogens is 357 g/mol. The lowest BCUT2D eigenvalue weighted by atomic mass is 10.1. The molecule has 0 saturated carbocycles. The lowest BCUT2D eigenvalue weighted by molar-refractivity contribution is 0.0738. The number of hydrogen-bond donors (Lipinski definition) is 1. The number of halogens is 2. The average molecular weight is 376 g/mol. The molecule has 0 radical (unpaired) electrons. The molecule has 9 heteroatoms. The molecule has 1 amide bonds. The van der Waals surface area contributed by atoms with E-state index in [2.05, 4.69) is 21.9 Å². The Labute approximate surface area is 151 Å². The van der Waals surface area contributed by atoms with E-state index in [-0.39, 0.29) is 36.8 Å². The molecule has 23 heavy (non-hydrogen) atoms. The van der Waals surface area contributed by atoms with Crippen molar-refractivity contribution in [2.24, 2.45) is 11.7 Å². The van der Waals surface area contributed by atoms with Crippen LogP contribution in [0.3, 0.4) is 0 Å². The van der Waals surface area contributed by atoms with Gasteiger partial charge in [-0.05, 0) is 25.8 Å². The molecule has 3 heterocycles. The highest BCUT2D eigenvalue weighted by molar-refractivity contribution is 7.13. The van der Waals surface area contributed by atoms with Gasteiger partial charge in [-0.25, -0.2) is 4.98 Å². The van der Waals surface area contributed by atoms with Crippen LogP contribution in [0.4, 0.5) is 0 Å². The molecule has 6 nitrogen and oxygen atoms in total. The molecular formula is C14H19Cl2N5OS. The van der Waals surface area contributed by atoms with E-state index >= 15 is 0 Å². The molecule has 0 aliphatic carbocycles. The van der Waals surface area contributed by atoms with Crippen LogP contribution in [-0.2, 0) is 0 Å². The Morgan fingerprint density at radius 1 is 1.43 bits per heavy atom. The summed E-state index contributed by atoms with van der Waals surface area (Å²) < 4.78 is 0. The van der Waals surface area contributed by atoms with E-state index in [1.165, 1.54) is 11.3 Å². The first-order valence-electron chi connectivity index (χ1n) is 6.92. The summed E-state index contributed by atoms with van der Waals surface area (Å²) in [5.41, 5.74) is 6.88. The summed E-state index contributed by atoms with van der Waals surface area (Å²) in [6.45, 7) is 3.40. The van der Waals surface area contributed by atoms with Crippen molar-refractivity contribution in [3.8, 4) is 10.7 Å². The van der Waals surface area contributed by atoms with Gasteiger partial charge in [-0.2, -0.15) is 0 Å². The molecule has 1 fully saturated rings. The summed E-state index contributed by atoms with van der Waals surface area (Å²) in [6, 6.07) is 0.215. The molecule has 3 rings (SSSR count). The van der Waals surface area contributed by atoms with Crippen molar-refractivity contribution in [3.05, 3.63) is 29.7 Å². The summed E-state index contributed by atoms with van der Waals surface area (Å²) in [4.78, 5) is 27.1. The van der Waals surface area contributed by atoms with Crippen molar-refractivity contribution in [3.63, 3.8) is 0 Å². The Bertz CT molecular complexity index is 639. The van der Waals surface area contributed by atoms with E-state index < -0.39 is 0 Å². The highest BCUT2D eigenvalue weighted by atomic mass is 35.5. The van der Waals surface area contributed by atoms with E-state index in [0.29, 0.717) is 35.4 Å². The molecule has 2 unspecified atom stereocenters. The van der Waals surface area contributed by atoms with Crippen LogP contribution in [0.1, 0.15) is 23.8 Å². The van der Waals surface area contributed by atoms with Crippen molar-refractivity contribution < 1.29 is 4.79 Å². The maximum absolute atomic E-state index is 12.6. The van der Waals surface area contributed by atoms with Gasteiger partial charge < -0.3 is 10.6 Å². The number of likely N-dealkylation sites (tertiary alicyclic amines) is 1. The number of amides is 1. The zero-order valence-corrected chi connectivity index (χ0v) is 15.0. The minimum atomic E-state index is -0.0233. The Balaban J connectivity index is 0.00000132. The molecule has 0 spiro atoms. The average Bonchev–Trinajstić information content (AvgIpc) is 3.14. The van der Waals surface area contributed by atoms with Crippen LogP contribution < -0.4 is 5.73 Å². The second-order valence-electron chi connectivity index (χ2n) is 5.27. The van der Waals surface area contributed by atoms with Crippen LogP contribution in [0.15, 0.2) is 24.0 Å². The van der Waals surface area contributed by atoms with E-state index in [0.717, 1.165) is 6.42 Å². The SMILES string of the molecule is CC1CC(CN)CN1C(=O)c1csc(-c2cnccn2)n1.Cl.Cl. The third kappa shape index (κ3) is 4.17. The molecule has 1 aliphatic rings. The molecule has 0 aromatic carbocycles. The van der Waals surface area contributed by atoms with Crippen molar-refractivity contribution in [1.82, 2.24) is 19.9 Å². The largest absolute Gasteiger partial charge is 0.334 e. The van der Waals surface area contributed by atoms with Crippen LogP contribution in [-0.4, -0.2) is 44.9 Å². The predicted molar refractivity (Wildman–Crippen MR) is 95.3 cm³/mol. The smallest absolute Gasteiger partial charge is 0.273 e. The molecule has 1 aliphatic heterocycles. The minimum absolute atomic E-state index is 0. The normalized spacial score (nSPS) is 19.8. The Kier molecular flexibility index (Phi) is 7.34. The minimum Gasteiger partial charge on any atom is -0.334 e. The van der Waals surface area contributed by atoms with Crippen LogP contribution >= 0.6 is 36.2 Å². The number of carbonyl (C=O) groups is 1. The van der Waals surface area contributed by atoms with Gasteiger partial charge in [-0.3, -0.25) is 14.8 Å². The Morgan fingerprint density at radius 3 is 2.83 bits per heavy atom. The van der Waals surface area contributed by atoms with Gasteiger partial charge in [0.1, 0.15) is 16.4 Å². The van der Waals surface area contributed by atoms with E-state index in [4.69, 9.17) is 5.73 Å². The van der Waals surface area contributed by atoms with Crippen molar-refractivity contribution in [2.75, 3.05) is 13.1 Å². The van der Waals surface area contributed by atoms with Crippen molar-refractivity contribution in [2.45, 2.75) is 19.4 Å². The fourth-order valence-corrected chi connectivity index (χ4v) is 3.40. The number of carbonyl (C=O) groups excluding carboxylic acids is 1. The van der Waals surface area contributed by atoms with Gasteiger partial charge in [0.05, 0.1) is 6.20 Å². The van der Waals surface area contributed by atoms with Crippen LogP contribution in [0.2, 0.25) is 0 Å². The van der Waals surface area contributed by atoms with Crippen molar-refractivity contribution in [1.29, 1.82) is 0 Å².